The van der Waals surface area contributed by atoms with Crippen LogP contribution in [0.25, 0.3) is 33.7 Å². The van der Waals surface area contributed by atoms with Crippen molar-refractivity contribution in [1.82, 2.24) is 19.1 Å². The average Bonchev–Trinajstić information content (AvgIpc) is 3.52. The number of aliphatic hydroxyl groups is 1. The van der Waals surface area contributed by atoms with E-state index in [0.29, 0.717) is 22.5 Å². The number of esters is 1. The molecule has 14 heteroatoms. The summed E-state index contributed by atoms with van der Waals surface area (Å²) in [6.07, 6.45) is -3.21. The molecular weight excluding hydrogens is 728 g/mol. The van der Waals surface area contributed by atoms with Gasteiger partial charge in [-0.1, -0.05) is 56.1 Å². The molecule has 0 bridgehead atoms. The molecule has 0 aliphatic carbocycles. The summed E-state index contributed by atoms with van der Waals surface area (Å²) in [6, 6.07) is 14.9. The molecule has 0 radical (unpaired) electrons. The lowest BCUT2D eigenvalue weighted by Crippen LogP contribution is -2.44. The number of fused-ring (bicyclic) bond motifs is 2. The van der Waals surface area contributed by atoms with Gasteiger partial charge in [-0.05, 0) is 51.5 Å². The monoisotopic (exact) mass is 758 g/mol. The minimum atomic E-state index is -1.11. The fourth-order valence-corrected chi connectivity index (χ4v) is 6.38. The molecule has 2 aromatic carbocycles. The maximum atomic E-state index is 14.3. The van der Waals surface area contributed by atoms with Gasteiger partial charge in [0, 0.05) is 33.0 Å². The van der Waals surface area contributed by atoms with E-state index in [1.54, 1.807) is 20.8 Å². The minimum Gasteiger partial charge on any atom is -0.466 e. The SMILES string of the molecule is CCOC(=O)CCCn1c(=O)c2nc(-c3ccc(Br)cc3)c(-c3ccc(Br)cc3)nc2n([C@@H]2O[C@H](CO)[C@H]3OC(C)(C)O[C@H]32)c1=O. The molecule has 46 heavy (non-hydrogen) atoms. The Balaban J connectivity index is 1.61. The first-order valence-electron chi connectivity index (χ1n) is 14.9. The quantitative estimate of drug-likeness (QED) is 0.241. The highest BCUT2D eigenvalue weighted by molar-refractivity contribution is 9.10. The predicted octanol–water partition coefficient (Wildman–Crippen LogP) is 4.57. The number of halogens is 2. The molecule has 0 saturated carbocycles. The molecule has 4 aromatic rings. The van der Waals surface area contributed by atoms with Gasteiger partial charge in [0.25, 0.3) is 5.56 Å². The molecule has 2 saturated heterocycles. The topological polar surface area (TPSA) is 144 Å². The number of hydrogen-bond donors (Lipinski definition) is 1. The van der Waals surface area contributed by atoms with Gasteiger partial charge in [0.1, 0.15) is 18.3 Å². The van der Waals surface area contributed by atoms with Gasteiger partial charge in [0.2, 0.25) is 0 Å². The van der Waals surface area contributed by atoms with Gasteiger partial charge >= 0.3 is 11.7 Å². The van der Waals surface area contributed by atoms with Gasteiger partial charge < -0.3 is 24.1 Å². The van der Waals surface area contributed by atoms with Gasteiger partial charge in [0.15, 0.2) is 23.2 Å². The first kappa shape index (κ1) is 32.7. The van der Waals surface area contributed by atoms with Gasteiger partial charge in [0.05, 0.1) is 24.6 Å². The van der Waals surface area contributed by atoms with Crippen LogP contribution in [0.1, 0.15) is 39.8 Å². The smallest absolute Gasteiger partial charge is 0.334 e. The van der Waals surface area contributed by atoms with Crippen LogP contribution in [0.4, 0.5) is 0 Å². The van der Waals surface area contributed by atoms with Crippen LogP contribution in [-0.4, -0.2) is 67.5 Å². The van der Waals surface area contributed by atoms with E-state index in [1.165, 1.54) is 4.57 Å². The summed E-state index contributed by atoms with van der Waals surface area (Å²) >= 11 is 6.95. The van der Waals surface area contributed by atoms with Crippen molar-refractivity contribution in [3.8, 4) is 22.5 Å². The summed E-state index contributed by atoms with van der Waals surface area (Å²) in [5, 5.41) is 10.2. The van der Waals surface area contributed by atoms with Crippen molar-refractivity contribution in [2.45, 2.75) is 70.5 Å². The summed E-state index contributed by atoms with van der Waals surface area (Å²) in [5.74, 6) is -1.44. The van der Waals surface area contributed by atoms with Crippen LogP contribution in [-0.2, 0) is 30.3 Å². The number of aromatic nitrogens is 4. The molecule has 0 spiro atoms. The number of carbonyl (C=O) groups is 1. The molecule has 0 amide bonds. The maximum Gasteiger partial charge on any atom is 0.334 e. The Morgan fingerprint density at radius 3 is 2.13 bits per heavy atom. The maximum absolute atomic E-state index is 14.3. The van der Waals surface area contributed by atoms with Crippen molar-refractivity contribution in [2.24, 2.45) is 0 Å². The first-order chi connectivity index (χ1) is 22.0. The van der Waals surface area contributed by atoms with Crippen LogP contribution in [0, 0.1) is 0 Å². The van der Waals surface area contributed by atoms with Crippen LogP contribution in [0.3, 0.4) is 0 Å². The van der Waals surface area contributed by atoms with Gasteiger partial charge in [-0.15, -0.1) is 0 Å². The standard InChI is InChI=1S/C32H32Br2N4O8/c1-4-43-22(40)6-5-15-37-29(41)25-28(38(31(37)42)30-27-26(21(16-39)44-30)45-32(2,3)46-27)36-24(18-9-13-20(34)14-10-18)23(35-25)17-7-11-19(33)12-8-17/h7-14,21,26-27,30,39H,4-6,15-16H2,1-3H3/t21-,26-,27-,30-/m1/s1. The van der Waals surface area contributed by atoms with E-state index in [4.69, 9.17) is 28.9 Å². The van der Waals surface area contributed by atoms with Gasteiger partial charge in [-0.2, -0.15) is 0 Å². The predicted molar refractivity (Wildman–Crippen MR) is 175 cm³/mol. The summed E-state index contributed by atoms with van der Waals surface area (Å²) in [4.78, 5) is 50.3. The van der Waals surface area contributed by atoms with E-state index in [-0.39, 0.29) is 43.8 Å². The highest BCUT2D eigenvalue weighted by atomic mass is 79.9. The molecule has 12 nitrogen and oxygen atoms in total. The molecule has 6 rings (SSSR count). The van der Waals surface area contributed by atoms with Crippen LogP contribution < -0.4 is 11.2 Å². The Morgan fingerprint density at radius 2 is 1.54 bits per heavy atom. The number of benzene rings is 2. The molecule has 4 heterocycles. The molecule has 2 aliphatic heterocycles. The van der Waals surface area contributed by atoms with Crippen LogP contribution in [0.15, 0.2) is 67.1 Å². The second kappa shape index (κ2) is 13.1. The fourth-order valence-electron chi connectivity index (χ4n) is 5.85. The molecule has 2 fully saturated rings. The summed E-state index contributed by atoms with van der Waals surface area (Å²) < 4.78 is 27.5. The van der Waals surface area contributed by atoms with E-state index >= 15 is 0 Å². The molecule has 2 aliphatic rings. The normalized spacial score (nSPS) is 21.9. The molecule has 0 unspecified atom stereocenters. The van der Waals surface area contributed by atoms with Crippen molar-refractivity contribution in [2.75, 3.05) is 13.2 Å². The third kappa shape index (κ3) is 6.21. The number of ether oxygens (including phenoxy) is 4. The number of hydrogen-bond acceptors (Lipinski definition) is 10. The van der Waals surface area contributed by atoms with Crippen molar-refractivity contribution in [3.05, 3.63) is 78.3 Å². The van der Waals surface area contributed by atoms with Crippen LogP contribution >= 0.6 is 31.9 Å². The van der Waals surface area contributed by atoms with Crippen LogP contribution in [0.5, 0.6) is 0 Å². The number of nitrogens with zero attached hydrogens (tertiary/aromatic N) is 4. The Bertz CT molecular complexity index is 1890. The van der Waals surface area contributed by atoms with Gasteiger partial charge in [-0.25, -0.2) is 19.3 Å². The third-order valence-corrected chi connectivity index (χ3v) is 8.91. The van der Waals surface area contributed by atoms with E-state index in [1.807, 2.05) is 48.5 Å². The van der Waals surface area contributed by atoms with E-state index in [0.717, 1.165) is 13.5 Å². The molecule has 1 N–H and O–H groups in total. The zero-order chi connectivity index (χ0) is 32.7. The molecular formula is C32H32Br2N4O8. The lowest BCUT2D eigenvalue weighted by molar-refractivity contribution is -0.200. The third-order valence-electron chi connectivity index (χ3n) is 7.85. The fraction of sp³-hybridized carbons (Fsp3) is 0.406. The number of rotatable bonds is 9. The Morgan fingerprint density at radius 1 is 0.957 bits per heavy atom. The minimum absolute atomic E-state index is 0.00827. The molecule has 2 aromatic heterocycles. The second-order valence-corrected chi connectivity index (χ2v) is 13.3. The Kier molecular flexibility index (Phi) is 9.29. The number of carbonyl (C=O) groups excluding carboxylic acids is 1. The zero-order valence-electron chi connectivity index (χ0n) is 25.3. The second-order valence-electron chi connectivity index (χ2n) is 11.4. The van der Waals surface area contributed by atoms with Crippen LogP contribution in [0.2, 0.25) is 0 Å². The molecule has 242 valence electrons. The van der Waals surface area contributed by atoms with Crippen molar-refractivity contribution >= 4 is 49.0 Å². The Labute approximate surface area is 280 Å². The lowest BCUT2D eigenvalue weighted by Gasteiger charge is -2.25. The highest BCUT2D eigenvalue weighted by Crippen LogP contribution is 2.43. The summed E-state index contributed by atoms with van der Waals surface area (Å²) in [7, 11) is 0. The highest BCUT2D eigenvalue weighted by Gasteiger charge is 2.56. The van der Waals surface area contributed by atoms with E-state index < -0.39 is 47.5 Å². The molecule has 4 atom stereocenters. The largest absolute Gasteiger partial charge is 0.466 e. The van der Waals surface area contributed by atoms with E-state index in [2.05, 4.69) is 31.9 Å². The first-order valence-corrected chi connectivity index (χ1v) is 16.5. The summed E-state index contributed by atoms with van der Waals surface area (Å²) in [6.45, 7) is 4.95. The zero-order valence-corrected chi connectivity index (χ0v) is 28.5. The Hall–Kier alpha value is -3.27. The number of aliphatic hydroxyl groups excluding tert-OH is 1. The lowest BCUT2D eigenvalue weighted by atomic mass is 10.0. The van der Waals surface area contributed by atoms with Crippen molar-refractivity contribution in [1.29, 1.82) is 0 Å². The van der Waals surface area contributed by atoms with E-state index in [9.17, 15) is 19.5 Å². The van der Waals surface area contributed by atoms with Crippen molar-refractivity contribution in [3.63, 3.8) is 0 Å². The van der Waals surface area contributed by atoms with Crippen molar-refractivity contribution < 1.29 is 28.8 Å². The summed E-state index contributed by atoms with van der Waals surface area (Å²) in [5.41, 5.74) is 0.817. The van der Waals surface area contributed by atoms with Gasteiger partial charge in [-0.3, -0.25) is 14.2 Å². The average molecular weight is 760 g/mol.